The number of hydrogen-bond donors (Lipinski definition) is 2. The summed E-state index contributed by atoms with van der Waals surface area (Å²) in [6.45, 7) is 3.28. The van der Waals surface area contributed by atoms with Gasteiger partial charge in [0.15, 0.2) is 0 Å². The summed E-state index contributed by atoms with van der Waals surface area (Å²) in [5.41, 5.74) is 2.02. The Morgan fingerprint density at radius 3 is 2.83 bits per heavy atom. The lowest BCUT2D eigenvalue weighted by Gasteiger charge is -2.41. The highest BCUT2D eigenvalue weighted by atomic mass is 35.5. The van der Waals surface area contributed by atoms with Crippen molar-refractivity contribution >= 4 is 35.8 Å². The Balaban J connectivity index is 0.00000240. The van der Waals surface area contributed by atoms with E-state index in [0.29, 0.717) is 38.9 Å². The van der Waals surface area contributed by atoms with Gasteiger partial charge in [-0.3, -0.25) is 14.4 Å². The van der Waals surface area contributed by atoms with E-state index in [1.54, 1.807) is 0 Å². The minimum absolute atomic E-state index is 0. The minimum atomic E-state index is -0.158. The zero-order valence-corrected chi connectivity index (χ0v) is 17.4. The third-order valence-electron chi connectivity index (χ3n) is 6.14. The quantitative estimate of drug-likeness (QED) is 0.771. The van der Waals surface area contributed by atoms with Gasteiger partial charge in [0.25, 0.3) is 0 Å². The van der Waals surface area contributed by atoms with Crippen molar-refractivity contribution in [3.8, 4) is 0 Å². The fourth-order valence-electron chi connectivity index (χ4n) is 4.55. The molecule has 3 aliphatic rings. The summed E-state index contributed by atoms with van der Waals surface area (Å²) in [7, 11) is 0. The summed E-state index contributed by atoms with van der Waals surface area (Å²) >= 11 is 0. The maximum absolute atomic E-state index is 12.8. The number of anilines is 1. The molecule has 3 heterocycles. The lowest BCUT2D eigenvalue weighted by molar-refractivity contribution is -0.140. The molecule has 2 saturated heterocycles. The van der Waals surface area contributed by atoms with Crippen LogP contribution < -0.4 is 10.6 Å². The number of carbonyl (C=O) groups excluding carboxylic acids is 3. The molecule has 0 bridgehead atoms. The monoisotopic (exact) mass is 420 g/mol. The lowest BCUT2D eigenvalue weighted by Crippen LogP contribution is -2.57. The summed E-state index contributed by atoms with van der Waals surface area (Å²) in [5.74, 6) is 0.0747. The molecule has 2 atom stereocenters. The molecule has 29 heavy (non-hydrogen) atoms. The van der Waals surface area contributed by atoms with Crippen LogP contribution in [0.3, 0.4) is 0 Å². The van der Waals surface area contributed by atoms with E-state index in [-0.39, 0.29) is 42.1 Å². The first-order chi connectivity index (χ1) is 13.6. The highest BCUT2D eigenvalue weighted by Gasteiger charge is 2.32. The van der Waals surface area contributed by atoms with Crippen molar-refractivity contribution in [2.24, 2.45) is 5.92 Å². The number of fused-ring (bicyclic) bond motifs is 1. The van der Waals surface area contributed by atoms with Crippen molar-refractivity contribution in [1.82, 2.24) is 15.1 Å². The van der Waals surface area contributed by atoms with Crippen molar-refractivity contribution in [3.63, 3.8) is 0 Å². The molecular formula is C21H29ClN4O3. The molecule has 8 heteroatoms. The molecule has 158 valence electrons. The van der Waals surface area contributed by atoms with Gasteiger partial charge in [-0.2, -0.15) is 0 Å². The average Bonchev–Trinajstić information content (AvgIpc) is 2.72. The number of para-hydroxylation sites is 1. The van der Waals surface area contributed by atoms with Crippen LogP contribution in [0.5, 0.6) is 0 Å². The number of amides is 3. The van der Waals surface area contributed by atoms with E-state index < -0.39 is 0 Å². The number of carbonyl (C=O) groups is 3. The highest BCUT2D eigenvalue weighted by molar-refractivity contribution is 5.96. The molecule has 0 aliphatic carbocycles. The molecule has 0 radical (unpaired) electrons. The fourth-order valence-corrected chi connectivity index (χ4v) is 4.55. The minimum Gasteiger partial charge on any atom is -0.341 e. The number of rotatable bonds is 4. The summed E-state index contributed by atoms with van der Waals surface area (Å²) in [6, 6.07) is 7.96. The number of nitrogens with one attached hydrogen (secondary N) is 2. The summed E-state index contributed by atoms with van der Waals surface area (Å²) in [5, 5.41) is 6.05. The molecule has 2 fully saturated rings. The Kier molecular flexibility index (Phi) is 7.14. The Morgan fingerprint density at radius 2 is 2.00 bits per heavy atom. The van der Waals surface area contributed by atoms with Crippen molar-refractivity contribution in [2.45, 2.75) is 38.1 Å². The van der Waals surface area contributed by atoms with Gasteiger partial charge in [0.05, 0.1) is 6.54 Å². The van der Waals surface area contributed by atoms with Gasteiger partial charge in [-0.05, 0) is 37.3 Å². The van der Waals surface area contributed by atoms with Crippen LogP contribution in [0, 0.1) is 5.92 Å². The van der Waals surface area contributed by atoms with E-state index in [1.807, 2.05) is 34.1 Å². The summed E-state index contributed by atoms with van der Waals surface area (Å²) < 4.78 is 0. The summed E-state index contributed by atoms with van der Waals surface area (Å²) in [4.78, 5) is 41.1. The standard InChI is InChI=1S/C21H28N4O3.ClH/c26-19(8-7-16-12-15-4-1-2-6-18(15)23-21(16)28)24-10-3-5-17(14-24)25-11-9-22-13-20(25)27;/h1-2,4,6,16-17,22H,3,5,7-14H2,(H,23,28);1H. The topological polar surface area (TPSA) is 81.8 Å². The van der Waals surface area contributed by atoms with E-state index in [9.17, 15) is 14.4 Å². The first-order valence-electron chi connectivity index (χ1n) is 10.3. The third-order valence-corrected chi connectivity index (χ3v) is 6.14. The number of benzene rings is 1. The molecule has 2 unspecified atom stereocenters. The van der Waals surface area contributed by atoms with Gasteiger partial charge in [-0.15, -0.1) is 12.4 Å². The second kappa shape index (κ2) is 9.59. The van der Waals surface area contributed by atoms with Crippen molar-refractivity contribution < 1.29 is 14.4 Å². The fraction of sp³-hybridized carbons (Fsp3) is 0.571. The molecule has 0 saturated carbocycles. The maximum Gasteiger partial charge on any atom is 0.236 e. The molecule has 3 amide bonds. The van der Waals surface area contributed by atoms with E-state index >= 15 is 0 Å². The predicted octanol–water partition coefficient (Wildman–Crippen LogP) is 1.42. The van der Waals surface area contributed by atoms with Gasteiger partial charge >= 0.3 is 0 Å². The number of nitrogens with zero attached hydrogens (tertiary/aromatic N) is 2. The number of likely N-dealkylation sites (tertiary alicyclic amines) is 1. The number of piperazine rings is 1. The van der Waals surface area contributed by atoms with Crippen LogP contribution >= 0.6 is 12.4 Å². The van der Waals surface area contributed by atoms with Crippen LogP contribution in [0.25, 0.3) is 0 Å². The smallest absolute Gasteiger partial charge is 0.236 e. The first kappa shape index (κ1) is 21.6. The molecule has 3 aliphatic heterocycles. The molecule has 1 aromatic carbocycles. The lowest BCUT2D eigenvalue weighted by atomic mass is 9.89. The SMILES string of the molecule is Cl.O=C1Nc2ccccc2CC1CCC(=O)N1CCCC(N2CCNCC2=O)C1. The number of hydrogen-bond acceptors (Lipinski definition) is 4. The Morgan fingerprint density at radius 1 is 1.17 bits per heavy atom. The third kappa shape index (κ3) is 4.90. The molecule has 2 N–H and O–H groups in total. The van der Waals surface area contributed by atoms with Crippen LogP contribution in [-0.2, 0) is 20.8 Å². The molecule has 4 rings (SSSR count). The van der Waals surface area contributed by atoms with Crippen LogP contribution in [0.2, 0.25) is 0 Å². The van der Waals surface area contributed by atoms with Crippen molar-refractivity contribution in [1.29, 1.82) is 0 Å². The average molecular weight is 421 g/mol. The second-order valence-corrected chi connectivity index (χ2v) is 7.99. The molecular weight excluding hydrogens is 392 g/mol. The number of halogens is 1. The Labute approximate surface area is 177 Å². The summed E-state index contributed by atoms with van der Waals surface area (Å²) in [6.07, 6.45) is 3.50. The maximum atomic E-state index is 12.8. The molecule has 7 nitrogen and oxygen atoms in total. The number of piperidine rings is 1. The van der Waals surface area contributed by atoms with E-state index in [4.69, 9.17) is 0 Å². The van der Waals surface area contributed by atoms with Gasteiger partial charge in [0, 0.05) is 50.2 Å². The van der Waals surface area contributed by atoms with E-state index in [1.165, 1.54) is 0 Å². The van der Waals surface area contributed by atoms with Crippen LogP contribution in [0.4, 0.5) is 5.69 Å². The van der Waals surface area contributed by atoms with Crippen LogP contribution in [0.15, 0.2) is 24.3 Å². The Bertz CT molecular complexity index is 772. The molecule has 0 aromatic heterocycles. The van der Waals surface area contributed by atoms with E-state index in [0.717, 1.165) is 37.2 Å². The normalized spacial score (nSPS) is 24.4. The molecule has 0 spiro atoms. The first-order valence-corrected chi connectivity index (χ1v) is 10.3. The van der Waals surface area contributed by atoms with Crippen LogP contribution in [-0.4, -0.2) is 66.3 Å². The van der Waals surface area contributed by atoms with Gasteiger partial charge in [-0.1, -0.05) is 18.2 Å². The second-order valence-electron chi connectivity index (χ2n) is 7.99. The van der Waals surface area contributed by atoms with Crippen LogP contribution in [0.1, 0.15) is 31.2 Å². The van der Waals surface area contributed by atoms with Gasteiger partial charge in [0.1, 0.15) is 0 Å². The highest BCUT2D eigenvalue weighted by Crippen LogP contribution is 2.28. The van der Waals surface area contributed by atoms with E-state index in [2.05, 4.69) is 10.6 Å². The van der Waals surface area contributed by atoms with Gasteiger partial charge < -0.3 is 20.4 Å². The van der Waals surface area contributed by atoms with Crippen molar-refractivity contribution in [3.05, 3.63) is 29.8 Å². The molecule has 1 aromatic rings. The zero-order valence-electron chi connectivity index (χ0n) is 16.6. The van der Waals surface area contributed by atoms with Gasteiger partial charge in [0.2, 0.25) is 17.7 Å². The zero-order chi connectivity index (χ0) is 19.5. The Hall–Kier alpha value is -2.12. The predicted molar refractivity (Wildman–Crippen MR) is 113 cm³/mol. The van der Waals surface area contributed by atoms with Gasteiger partial charge in [-0.25, -0.2) is 0 Å². The van der Waals surface area contributed by atoms with Crippen molar-refractivity contribution in [2.75, 3.05) is 38.0 Å². The largest absolute Gasteiger partial charge is 0.341 e.